The Balaban J connectivity index is 1.87. The first-order valence-corrected chi connectivity index (χ1v) is 7.86. The van der Waals surface area contributed by atoms with Gasteiger partial charge in [-0.1, -0.05) is 0 Å². The molecule has 0 unspecified atom stereocenters. The predicted octanol–water partition coefficient (Wildman–Crippen LogP) is 1.11. The van der Waals surface area contributed by atoms with Crippen molar-refractivity contribution in [2.75, 3.05) is 13.2 Å². The summed E-state index contributed by atoms with van der Waals surface area (Å²) in [6, 6.07) is 4.16. The Morgan fingerprint density at radius 3 is 2.83 bits per heavy atom. The van der Waals surface area contributed by atoms with Crippen molar-refractivity contribution in [3.63, 3.8) is 0 Å². The zero-order chi connectivity index (χ0) is 17.3. The predicted molar refractivity (Wildman–Crippen MR) is 86.7 cm³/mol. The van der Waals surface area contributed by atoms with E-state index in [1.54, 1.807) is 25.1 Å². The van der Waals surface area contributed by atoms with Crippen molar-refractivity contribution >= 4 is 22.8 Å². The molecule has 128 valence electrons. The standard InChI is InChI=1S/C17H20N2O5/c1-9-15(17(22)19-13(7-20)16(18)21)12-6-11(4-5-14(12)24-9)23-8-10-2-3-10/h4-6,10,13,20H,2-3,7-8H2,1H3,(H2,18,21)(H,19,22)/t13-/m1/s1. The van der Waals surface area contributed by atoms with E-state index in [0.29, 0.717) is 40.6 Å². The Kier molecular flexibility index (Phi) is 4.44. The van der Waals surface area contributed by atoms with E-state index in [0.717, 1.165) is 0 Å². The topological polar surface area (TPSA) is 115 Å². The summed E-state index contributed by atoms with van der Waals surface area (Å²) in [5.41, 5.74) is 6.00. The molecule has 1 heterocycles. The SMILES string of the molecule is Cc1oc2ccc(OCC3CC3)cc2c1C(=O)N[C@H](CO)C(N)=O. The maximum Gasteiger partial charge on any atom is 0.256 e. The molecule has 1 fully saturated rings. The van der Waals surface area contributed by atoms with Crippen LogP contribution in [0.4, 0.5) is 0 Å². The van der Waals surface area contributed by atoms with Crippen LogP contribution in [0.5, 0.6) is 5.75 Å². The average molecular weight is 332 g/mol. The first-order chi connectivity index (χ1) is 11.5. The van der Waals surface area contributed by atoms with E-state index in [1.807, 2.05) is 0 Å². The molecule has 4 N–H and O–H groups in total. The molecule has 1 aliphatic carbocycles. The van der Waals surface area contributed by atoms with Gasteiger partial charge in [0.15, 0.2) is 0 Å². The smallest absolute Gasteiger partial charge is 0.256 e. The van der Waals surface area contributed by atoms with Gasteiger partial charge in [0, 0.05) is 5.39 Å². The number of aliphatic hydroxyl groups excluding tert-OH is 1. The summed E-state index contributed by atoms with van der Waals surface area (Å²) in [5, 5.41) is 12.2. The van der Waals surface area contributed by atoms with Crippen LogP contribution in [0.25, 0.3) is 11.0 Å². The van der Waals surface area contributed by atoms with E-state index in [2.05, 4.69) is 5.32 Å². The Morgan fingerprint density at radius 2 is 2.21 bits per heavy atom. The summed E-state index contributed by atoms with van der Waals surface area (Å²) in [6.45, 7) is 1.77. The minimum absolute atomic E-state index is 0.307. The number of benzene rings is 1. The molecule has 1 saturated carbocycles. The maximum absolute atomic E-state index is 12.5. The van der Waals surface area contributed by atoms with Crippen LogP contribution in [0.2, 0.25) is 0 Å². The van der Waals surface area contributed by atoms with Crippen molar-refractivity contribution in [1.82, 2.24) is 5.32 Å². The van der Waals surface area contributed by atoms with Gasteiger partial charge in [0.25, 0.3) is 5.91 Å². The van der Waals surface area contributed by atoms with Crippen molar-refractivity contribution < 1.29 is 23.8 Å². The normalized spacial score (nSPS) is 15.2. The van der Waals surface area contributed by atoms with Crippen molar-refractivity contribution in [2.24, 2.45) is 11.7 Å². The van der Waals surface area contributed by atoms with Crippen LogP contribution in [-0.4, -0.2) is 36.2 Å². The van der Waals surface area contributed by atoms with Gasteiger partial charge in [-0.15, -0.1) is 0 Å². The molecular weight excluding hydrogens is 312 g/mol. The Hall–Kier alpha value is -2.54. The molecule has 0 spiro atoms. The second-order valence-electron chi connectivity index (χ2n) is 6.06. The molecule has 7 heteroatoms. The summed E-state index contributed by atoms with van der Waals surface area (Å²) >= 11 is 0. The van der Waals surface area contributed by atoms with Crippen LogP contribution < -0.4 is 15.8 Å². The lowest BCUT2D eigenvalue weighted by molar-refractivity contribution is -0.120. The maximum atomic E-state index is 12.5. The van der Waals surface area contributed by atoms with E-state index in [-0.39, 0.29) is 0 Å². The molecule has 1 aromatic heterocycles. The van der Waals surface area contributed by atoms with Crippen LogP contribution in [0.1, 0.15) is 29.0 Å². The van der Waals surface area contributed by atoms with Gasteiger partial charge in [0.2, 0.25) is 5.91 Å². The highest BCUT2D eigenvalue weighted by Crippen LogP contribution is 2.32. The molecule has 2 amide bonds. The highest BCUT2D eigenvalue weighted by Gasteiger charge is 2.24. The van der Waals surface area contributed by atoms with Gasteiger partial charge in [-0.05, 0) is 43.9 Å². The Bertz CT molecular complexity index is 779. The first-order valence-electron chi connectivity index (χ1n) is 7.86. The van der Waals surface area contributed by atoms with Crippen molar-refractivity contribution in [2.45, 2.75) is 25.8 Å². The van der Waals surface area contributed by atoms with Crippen molar-refractivity contribution in [3.8, 4) is 5.75 Å². The lowest BCUT2D eigenvalue weighted by atomic mass is 10.1. The van der Waals surface area contributed by atoms with Crippen molar-refractivity contribution in [1.29, 1.82) is 0 Å². The molecule has 7 nitrogen and oxygen atoms in total. The number of primary amides is 1. The number of rotatable bonds is 7. The fraction of sp³-hybridized carbons (Fsp3) is 0.412. The number of furan rings is 1. The lowest BCUT2D eigenvalue weighted by Gasteiger charge is -2.12. The molecule has 1 aromatic carbocycles. The number of carbonyl (C=O) groups excluding carboxylic acids is 2. The van der Waals surface area contributed by atoms with Crippen LogP contribution in [-0.2, 0) is 4.79 Å². The highest BCUT2D eigenvalue weighted by atomic mass is 16.5. The quantitative estimate of drug-likeness (QED) is 0.702. The van der Waals surface area contributed by atoms with Gasteiger partial charge in [-0.3, -0.25) is 9.59 Å². The molecule has 0 radical (unpaired) electrons. The van der Waals surface area contributed by atoms with Gasteiger partial charge in [0.05, 0.1) is 18.8 Å². The summed E-state index contributed by atoms with van der Waals surface area (Å²) in [6.07, 6.45) is 2.38. The third kappa shape index (κ3) is 3.35. The lowest BCUT2D eigenvalue weighted by Crippen LogP contribution is -2.46. The van der Waals surface area contributed by atoms with E-state index < -0.39 is 24.5 Å². The van der Waals surface area contributed by atoms with E-state index >= 15 is 0 Å². The Morgan fingerprint density at radius 1 is 1.46 bits per heavy atom. The monoisotopic (exact) mass is 332 g/mol. The number of ether oxygens (including phenoxy) is 1. The fourth-order valence-corrected chi connectivity index (χ4v) is 2.51. The number of carbonyl (C=O) groups is 2. The Labute approximate surface area is 138 Å². The van der Waals surface area contributed by atoms with E-state index in [4.69, 9.17) is 20.0 Å². The number of nitrogens with one attached hydrogen (secondary N) is 1. The minimum Gasteiger partial charge on any atom is -0.493 e. The second-order valence-corrected chi connectivity index (χ2v) is 6.06. The van der Waals surface area contributed by atoms with Crippen LogP contribution in [0.3, 0.4) is 0 Å². The molecule has 1 atom stereocenters. The van der Waals surface area contributed by atoms with Crippen LogP contribution in [0, 0.1) is 12.8 Å². The van der Waals surface area contributed by atoms with Crippen molar-refractivity contribution in [3.05, 3.63) is 29.5 Å². The number of aliphatic hydroxyl groups is 1. The third-order valence-electron chi connectivity index (χ3n) is 4.08. The molecule has 1 aliphatic rings. The molecule has 2 aromatic rings. The minimum atomic E-state index is -1.14. The van der Waals surface area contributed by atoms with Crippen LogP contribution >= 0.6 is 0 Å². The molecule has 0 aliphatic heterocycles. The number of nitrogens with two attached hydrogens (primary N) is 1. The number of hydrogen-bond acceptors (Lipinski definition) is 5. The van der Waals surface area contributed by atoms with E-state index in [9.17, 15) is 9.59 Å². The average Bonchev–Trinajstić information content (AvgIpc) is 3.31. The number of amides is 2. The van der Waals surface area contributed by atoms with Gasteiger partial charge in [0.1, 0.15) is 23.1 Å². The van der Waals surface area contributed by atoms with Gasteiger partial charge in [-0.25, -0.2) is 0 Å². The number of hydrogen-bond donors (Lipinski definition) is 3. The fourth-order valence-electron chi connectivity index (χ4n) is 2.51. The molecule has 24 heavy (non-hydrogen) atoms. The zero-order valence-electron chi connectivity index (χ0n) is 13.4. The zero-order valence-corrected chi connectivity index (χ0v) is 13.4. The van der Waals surface area contributed by atoms with E-state index in [1.165, 1.54) is 12.8 Å². The summed E-state index contributed by atoms with van der Waals surface area (Å²) in [7, 11) is 0. The largest absolute Gasteiger partial charge is 0.493 e. The summed E-state index contributed by atoms with van der Waals surface area (Å²) in [4.78, 5) is 23.7. The molecule has 0 bridgehead atoms. The first kappa shape index (κ1) is 16.3. The number of aryl methyl sites for hydroxylation is 1. The molecule has 0 saturated heterocycles. The second kappa shape index (κ2) is 6.52. The number of fused-ring (bicyclic) bond motifs is 1. The highest BCUT2D eigenvalue weighted by molar-refractivity contribution is 6.08. The molecular formula is C17H20N2O5. The summed E-state index contributed by atoms with van der Waals surface area (Å²) < 4.78 is 11.3. The van der Waals surface area contributed by atoms with Gasteiger partial charge < -0.3 is 25.3 Å². The van der Waals surface area contributed by atoms with Gasteiger partial charge in [-0.2, -0.15) is 0 Å². The summed E-state index contributed by atoms with van der Waals surface area (Å²) in [5.74, 6) is 0.379. The molecule has 3 rings (SSSR count). The van der Waals surface area contributed by atoms with Gasteiger partial charge >= 0.3 is 0 Å². The van der Waals surface area contributed by atoms with Crippen LogP contribution in [0.15, 0.2) is 22.6 Å². The third-order valence-corrected chi connectivity index (χ3v) is 4.08.